The zero-order valence-electron chi connectivity index (χ0n) is 19.6. The largest absolute Gasteiger partial charge is 0.508 e. The lowest BCUT2D eigenvalue weighted by Crippen LogP contribution is -1.93. The monoisotopic (exact) mass is 436 g/mol. The molecule has 0 bridgehead atoms. The number of hydrogen-bond acceptors (Lipinski definition) is 5. The molecule has 0 spiro atoms. The van der Waals surface area contributed by atoms with Gasteiger partial charge in [-0.1, -0.05) is 46.5 Å². The molecule has 0 radical (unpaired) electrons. The smallest absolute Gasteiger partial charge is 0.160 e. The first-order valence-electron chi connectivity index (χ1n) is 10.2. The summed E-state index contributed by atoms with van der Waals surface area (Å²) in [4.78, 5) is 21.7. The summed E-state index contributed by atoms with van der Waals surface area (Å²) in [5, 5.41) is 26.6. The van der Waals surface area contributed by atoms with Crippen LogP contribution in [-0.4, -0.2) is 26.9 Å². The zero-order chi connectivity index (χ0) is 24.4. The van der Waals surface area contributed by atoms with E-state index >= 15 is 0 Å². The summed E-state index contributed by atoms with van der Waals surface area (Å²) in [5.74, 6) is -0.251. The zero-order valence-corrected chi connectivity index (χ0v) is 19.6. The van der Waals surface area contributed by atoms with Crippen LogP contribution in [-0.2, 0) is 6.61 Å². The van der Waals surface area contributed by atoms with Crippen LogP contribution < -0.4 is 0 Å². The van der Waals surface area contributed by atoms with Crippen molar-refractivity contribution >= 4 is 11.6 Å². The first-order chi connectivity index (χ1) is 14.9. The Morgan fingerprint density at radius 2 is 0.938 bits per heavy atom. The Balaban J connectivity index is 0.000000240. The fourth-order valence-electron chi connectivity index (χ4n) is 3.14. The Bertz CT molecular complexity index is 961. The van der Waals surface area contributed by atoms with Crippen molar-refractivity contribution in [3.05, 3.63) is 93.5 Å². The van der Waals surface area contributed by atoms with E-state index in [1.165, 1.54) is 36.2 Å². The fraction of sp³-hybridized carbons (Fsp3) is 0.259. The molecule has 32 heavy (non-hydrogen) atoms. The summed E-state index contributed by atoms with van der Waals surface area (Å²) in [6.07, 6.45) is 0. The Kier molecular flexibility index (Phi) is 10.3. The van der Waals surface area contributed by atoms with Gasteiger partial charge in [0.2, 0.25) is 0 Å². The highest BCUT2D eigenvalue weighted by molar-refractivity contribution is 5.95. The van der Waals surface area contributed by atoms with Gasteiger partial charge in [-0.15, -0.1) is 0 Å². The molecule has 3 aromatic carbocycles. The van der Waals surface area contributed by atoms with Gasteiger partial charge in [-0.25, -0.2) is 0 Å². The van der Waals surface area contributed by atoms with Crippen LogP contribution >= 0.6 is 0 Å². The predicted octanol–water partition coefficient (Wildman–Crippen LogP) is 5.60. The molecule has 0 heterocycles. The average Bonchev–Trinajstić information content (AvgIpc) is 2.66. The standard InChI is InChI=1S/C10H12O.C9H12O.C8H8O3/c1-7-4-8(2)6-10(5-7)9(3)11;1-7-3-8(2)5-9(4-7)6-10;1-5(9)6-2-7(10)4-8(11)3-6/h4-6H,1-3H3;3-5,10H,6H2,1-2H3;2-4,10-11H,1H3. The van der Waals surface area contributed by atoms with Crippen LogP contribution in [0, 0.1) is 27.7 Å². The highest BCUT2D eigenvalue weighted by Crippen LogP contribution is 2.20. The highest BCUT2D eigenvalue weighted by atomic mass is 16.3. The summed E-state index contributed by atoms with van der Waals surface area (Å²) in [6.45, 7) is 11.2. The third-order valence-electron chi connectivity index (χ3n) is 4.40. The number of aryl methyl sites for hydroxylation is 4. The Morgan fingerprint density at radius 3 is 1.28 bits per heavy atom. The van der Waals surface area contributed by atoms with E-state index < -0.39 is 0 Å². The van der Waals surface area contributed by atoms with Crippen LogP contribution in [0.2, 0.25) is 0 Å². The summed E-state index contributed by atoms with van der Waals surface area (Å²) >= 11 is 0. The van der Waals surface area contributed by atoms with Gasteiger partial charge >= 0.3 is 0 Å². The Labute approximate surface area is 190 Å². The number of Topliss-reactive ketones (excluding diaryl/α,β-unsaturated/α-hetero) is 2. The second-order valence-corrected chi connectivity index (χ2v) is 7.88. The molecule has 3 N–H and O–H groups in total. The summed E-state index contributed by atoms with van der Waals surface area (Å²) < 4.78 is 0. The molecule has 0 aliphatic rings. The molecule has 0 saturated heterocycles. The van der Waals surface area contributed by atoms with Crippen molar-refractivity contribution in [2.24, 2.45) is 0 Å². The van der Waals surface area contributed by atoms with E-state index in [9.17, 15) is 9.59 Å². The molecule has 3 rings (SSSR count). The maximum Gasteiger partial charge on any atom is 0.160 e. The third kappa shape index (κ3) is 9.58. The number of rotatable bonds is 3. The van der Waals surface area contributed by atoms with Gasteiger partial charge in [0, 0.05) is 17.2 Å². The van der Waals surface area contributed by atoms with Crippen LogP contribution in [0.15, 0.2) is 54.6 Å². The van der Waals surface area contributed by atoms with Gasteiger partial charge in [0.1, 0.15) is 11.5 Å². The van der Waals surface area contributed by atoms with Gasteiger partial charge in [-0.3, -0.25) is 9.59 Å². The predicted molar refractivity (Wildman–Crippen MR) is 128 cm³/mol. The molecule has 170 valence electrons. The van der Waals surface area contributed by atoms with Gasteiger partial charge in [-0.2, -0.15) is 0 Å². The molecule has 3 aromatic rings. The average molecular weight is 437 g/mol. The lowest BCUT2D eigenvalue weighted by Gasteiger charge is -1.99. The molecule has 0 atom stereocenters. The van der Waals surface area contributed by atoms with E-state index in [1.54, 1.807) is 6.92 Å². The minimum absolute atomic E-state index is 0.102. The van der Waals surface area contributed by atoms with Crippen molar-refractivity contribution in [2.45, 2.75) is 48.1 Å². The van der Waals surface area contributed by atoms with Crippen molar-refractivity contribution in [2.75, 3.05) is 0 Å². The van der Waals surface area contributed by atoms with E-state index in [-0.39, 0.29) is 29.7 Å². The molecule has 5 nitrogen and oxygen atoms in total. The highest BCUT2D eigenvalue weighted by Gasteiger charge is 2.02. The Hall–Kier alpha value is -3.44. The minimum Gasteiger partial charge on any atom is -0.508 e. The van der Waals surface area contributed by atoms with Gasteiger partial charge in [-0.05, 0) is 71.4 Å². The first-order valence-corrected chi connectivity index (χ1v) is 10.2. The van der Waals surface area contributed by atoms with E-state index in [4.69, 9.17) is 15.3 Å². The second-order valence-electron chi connectivity index (χ2n) is 7.88. The van der Waals surface area contributed by atoms with Gasteiger partial charge in [0.05, 0.1) is 6.61 Å². The molecule has 0 amide bonds. The molecule has 0 fully saturated rings. The third-order valence-corrected chi connectivity index (χ3v) is 4.40. The van der Waals surface area contributed by atoms with Crippen LogP contribution in [0.5, 0.6) is 11.5 Å². The minimum atomic E-state index is -0.184. The number of aliphatic hydroxyl groups excluding tert-OH is 1. The van der Waals surface area contributed by atoms with Crippen LogP contribution in [0.4, 0.5) is 0 Å². The van der Waals surface area contributed by atoms with Crippen LogP contribution in [0.25, 0.3) is 0 Å². The summed E-state index contributed by atoms with van der Waals surface area (Å²) in [7, 11) is 0. The topological polar surface area (TPSA) is 94.8 Å². The molecule has 0 aliphatic carbocycles. The van der Waals surface area contributed by atoms with Gasteiger partial charge in [0.15, 0.2) is 11.6 Å². The number of phenolic OH excluding ortho intramolecular Hbond substituents is 2. The maximum absolute atomic E-state index is 10.9. The molecular formula is C27H32O5. The number of aromatic hydroxyl groups is 2. The number of ketones is 2. The van der Waals surface area contributed by atoms with Crippen LogP contribution in [0.3, 0.4) is 0 Å². The lowest BCUT2D eigenvalue weighted by atomic mass is 10.1. The molecule has 5 heteroatoms. The molecule has 0 aromatic heterocycles. The van der Waals surface area contributed by atoms with Gasteiger partial charge in [0.25, 0.3) is 0 Å². The van der Waals surface area contributed by atoms with Crippen LogP contribution in [0.1, 0.15) is 62.4 Å². The fourth-order valence-corrected chi connectivity index (χ4v) is 3.14. The van der Waals surface area contributed by atoms with E-state index in [1.807, 2.05) is 52.0 Å². The van der Waals surface area contributed by atoms with Crippen molar-refractivity contribution < 1.29 is 24.9 Å². The SMILES string of the molecule is CC(=O)c1cc(C)cc(C)c1.CC(=O)c1cc(O)cc(O)c1.Cc1cc(C)cc(CO)c1. The van der Waals surface area contributed by atoms with E-state index in [2.05, 4.69) is 12.1 Å². The van der Waals surface area contributed by atoms with E-state index in [0.717, 1.165) is 22.3 Å². The molecule has 0 aliphatic heterocycles. The van der Waals surface area contributed by atoms with Crippen molar-refractivity contribution in [1.82, 2.24) is 0 Å². The lowest BCUT2D eigenvalue weighted by molar-refractivity contribution is 0.100. The number of carbonyl (C=O) groups is 2. The van der Waals surface area contributed by atoms with Crippen molar-refractivity contribution in [1.29, 1.82) is 0 Å². The van der Waals surface area contributed by atoms with Crippen molar-refractivity contribution in [3.63, 3.8) is 0 Å². The molecular weight excluding hydrogens is 404 g/mol. The summed E-state index contributed by atoms with van der Waals surface area (Å²) in [6, 6.07) is 15.8. The Morgan fingerprint density at radius 1 is 0.594 bits per heavy atom. The molecule has 0 saturated carbocycles. The number of benzene rings is 3. The quantitative estimate of drug-likeness (QED) is 0.465. The number of phenols is 2. The van der Waals surface area contributed by atoms with E-state index in [0.29, 0.717) is 5.56 Å². The van der Waals surface area contributed by atoms with Gasteiger partial charge < -0.3 is 15.3 Å². The van der Waals surface area contributed by atoms with Crippen molar-refractivity contribution in [3.8, 4) is 11.5 Å². The number of hydrogen-bond donors (Lipinski definition) is 3. The normalized spacial score (nSPS) is 9.72. The first kappa shape index (κ1) is 26.6. The second kappa shape index (κ2) is 12.4. The maximum atomic E-state index is 10.9. The summed E-state index contributed by atoms with van der Waals surface area (Å²) in [5.41, 5.74) is 6.83. The number of aliphatic hydroxyl groups is 1. The molecule has 0 unspecified atom stereocenters. The number of carbonyl (C=O) groups excluding carboxylic acids is 2.